The van der Waals surface area contributed by atoms with Gasteiger partial charge in [0.1, 0.15) is 5.82 Å². The minimum absolute atomic E-state index is 0.471. The number of hydrogen-bond acceptors (Lipinski definition) is 2. The van der Waals surface area contributed by atoms with Crippen molar-refractivity contribution in [3.8, 4) is 0 Å². The van der Waals surface area contributed by atoms with Gasteiger partial charge in [-0.15, -0.1) is 11.6 Å². The van der Waals surface area contributed by atoms with Gasteiger partial charge in [0.2, 0.25) is 0 Å². The molecule has 0 spiro atoms. The second-order valence-electron chi connectivity index (χ2n) is 5.65. The summed E-state index contributed by atoms with van der Waals surface area (Å²) in [7, 11) is 2.20. The van der Waals surface area contributed by atoms with Crippen molar-refractivity contribution >= 4 is 38.6 Å². The van der Waals surface area contributed by atoms with Crippen LogP contribution in [-0.4, -0.2) is 34.6 Å². The fourth-order valence-electron chi connectivity index (χ4n) is 2.96. The molecule has 0 bridgehead atoms. The molecule has 2 aromatic rings. The summed E-state index contributed by atoms with van der Waals surface area (Å²) in [5.74, 6) is 2.19. The average Bonchev–Trinajstić information content (AvgIpc) is 2.78. The quantitative estimate of drug-likeness (QED) is 0.778. The normalized spacial score (nSPS) is 17.9. The Hall–Kier alpha value is -0.580. The van der Waals surface area contributed by atoms with Gasteiger partial charge in [0.25, 0.3) is 0 Å². The lowest BCUT2D eigenvalue weighted by Gasteiger charge is -2.29. The number of halogens is 2. The highest BCUT2D eigenvalue weighted by Gasteiger charge is 2.19. The summed E-state index contributed by atoms with van der Waals surface area (Å²) >= 11 is 9.59. The standard InChI is InChI=1S/C15H19BrClN3/c1-19-6-4-11(5-7-19)10-20-14-3-2-12(16)8-13(14)18-15(20)9-17/h2-3,8,11H,4-7,9-10H2,1H3. The van der Waals surface area contributed by atoms with Crippen LogP contribution in [0.2, 0.25) is 0 Å². The molecule has 3 rings (SSSR count). The fraction of sp³-hybridized carbons (Fsp3) is 0.533. The van der Waals surface area contributed by atoms with Crippen LogP contribution in [-0.2, 0) is 12.4 Å². The number of benzene rings is 1. The molecule has 0 aliphatic carbocycles. The summed E-state index contributed by atoms with van der Waals surface area (Å²) in [5, 5.41) is 0. The number of imidazole rings is 1. The van der Waals surface area contributed by atoms with Gasteiger partial charge in [-0.3, -0.25) is 0 Å². The summed E-state index contributed by atoms with van der Waals surface area (Å²) in [6.07, 6.45) is 2.52. The molecule has 0 unspecified atom stereocenters. The van der Waals surface area contributed by atoms with Crippen molar-refractivity contribution in [2.45, 2.75) is 25.3 Å². The molecule has 0 atom stereocenters. The van der Waals surface area contributed by atoms with Crippen LogP contribution in [0.5, 0.6) is 0 Å². The zero-order valence-corrected chi connectivity index (χ0v) is 14.0. The van der Waals surface area contributed by atoms with Crippen LogP contribution in [0.15, 0.2) is 22.7 Å². The van der Waals surface area contributed by atoms with E-state index in [0.29, 0.717) is 5.88 Å². The van der Waals surface area contributed by atoms with E-state index in [1.54, 1.807) is 0 Å². The molecule has 0 saturated carbocycles. The number of likely N-dealkylation sites (tertiary alicyclic amines) is 1. The van der Waals surface area contributed by atoms with Gasteiger partial charge in [-0.05, 0) is 57.1 Å². The molecule has 2 heterocycles. The zero-order valence-electron chi connectivity index (χ0n) is 11.6. The molecule has 1 aromatic carbocycles. The molecule has 0 N–H and O–H groups in total. The van der Waals surface area contributed by atoms with Crippen molar-refractivity contribution in [3.05, 3.63) is 28.5 Å². The van der Waals surface area contributed by atoms with Gasteiger partial charge in [-0.2, -0.15) is 0 Å². The molecule has 1 aliphatic rings. The Kier molecular flexibility index (Phi) is 4.34. The lowest BCUT2D eigenvalue weighted by Crippen LogP contribution is -2.32. The van der Waals surface area contributed by atoms with Gasteiger partial charge in [-0.25, -0.2) is 4.98 Å². The molecule has 5 heteroatoms. The van der Waals surface area contributed by atoms with Crippen LogP contribution in [0.3, 0.4) is 0 Å². The van der Waals surface area contributed by atoms with Gasteiger partial charge in [0.05, 0.1) is 16.9 Å². The first-order valence-electron chi connectivity index (χ1n) is 7.06. The predicted octanol–water partition coefficient (Wildman–Crippen LogP) is 3.88. The van der Waals surface area contributed by atoms with E-state index in [1.165, 1.54) is 31.4 Å². The Morgan fingerprint density at radius 2 is 2.10 bits per heavy atom. The Morgan fingerprint density at radius 3 is 2.80 bits per heavy atom. The second kappa shape index (κ2) is 6.04. The van der Waals surface area contributed by atoms with Gasteiger partial charge >= 0.3 is 0 Å². The lowest BCUT2D eigenvalue weighted by molar-refractivity contribution is 0.205. The first-order valence-corrected chi connectivity index (χ1v) is 8.39. The van der Waals surface area contributed by atoms with Gasteiger partial charge in [-0.1, -0.05) is 15.9 Å². The van der Waals surface area contributed by atoms with Crippen LogP contribution in [0.4, 0.5) is 0 Å². The minimum atomic E-state index is 0.471. The zero-order chi connectivity index (χ0) is 14.1. The molecule has 1 aliphatic heterocycles. The van der Waals surface area contributed by atoms with Crippen LogP contribution in [0, 0.1) is 5.92 Å². The molecule has 1 saturated heterocycles. The molecular weight excluding hydrogens is 338 g/mol. The number of aromatic nitrogens is 2. The largest absolute Gasteiger partial charge is 0.327 e. The third-order valence-electron chi connectivity index (χ3n) is 4.19. The fourth-order valence-corrected chi connectivity index (χ4v) is 3.51. The smallest absolute Gasteiger partial charge is 0.124 e. The van der Waals surface area contributed by atoms with Crippen molar-refractivity contribution in [3.63, 3.8) is 0 Å². The molecule has 1 fully saturated rings. The van der Waals surface area contributed by atoms with E-state index in [-0.39, 0.29) is 0 Å². The molecule has 108 valence electrons. The predicted molar refractivity (Wildman–Crippen MR) is 87.2 cm³/mol. The number of nitrogens with zero attached hydrogens (tertiary/aromatic N) is 3. The highest BCUT2D eigenvalue weighted by molar-refractivity contribution is 9.10. The van der Waals surface area contributed by atoms with Gasteiger partial charge < -0.3 is 9.47 Å². The first-order chi connectivity index (χ1) is 9.67. The maximum absolute atomic E-state index is 6.08. The third-order valence-corrected chi connectivity index (χ3v) is 4.92. The monoisotopic (exact) mass is 355 g/mol. The van der Waals surface area contributed by atoms with E-state index >= 15 is 0 Å². The van der Waals surface area contributed by atoms with Crippen molar-refractivity contribution < 1.29 is 0 Å². The maximum Gasteiger partial charge on any atom is 0.124 e. The number of fused-ring (bicyclic) bond motifs is 1. The summed E-state index contributed by atoms with van der Waals surface area (Å²) in [6, 6.07) is 6.28. The first kappa shape index (κ1) is 14.4. The van der Waals surface area contributed by atoms with Crippen LogP contribution in [0.25, 0.3) is 11.0 Å². The van der Waals surface area contributed by atoms with E-state index in [9.17, 15) is 0 Å². The summed E-state index contributed by atoms with van der Waals surface area (Å²) in [4.78, 5) is 7.07. The average molecular weight is 357 g/mol. The lowest BCUT2D eigenvalue weighted by atomic mass is 9.97. The Balaban J connectivity index is 1.89. The van der Waals surface area contributed by atoms with Crippen LogP contribution < -0.4 is 0 Å². The Bertz CT molecular complexity index is 602. The van der Waals surface area contributed by atoms with Crippen molar-refractivity contribution in [2.24, 2.45) is 5.92 Å². The molecule has 1 aromatic heterocycles. The summed E-state index contributed by atoms with van der Waals surface area (Å²) < 4.78 is 3.38. The van der Waals surface area contributed by atoms with E-state index < -0.39 is 0 Å². The molecular formula is C15H19BrClN3. The number of hydrogen-bond donors (Lipinski definition) is 0. The topological polar surface area (TPSA) is 21.1 Å². The van der Waals surface area contributed by atoms with Crippen molar-refractivity contribution in [1.82, 2.24) is 14.5 Å². The highest BCUT2D eigenvalue weighted by atomic mass is 79.9. The van der Waals surface area contributed by atoms with E-state index in [4.69, 9.17) is 11.6 Å². The highest BCUT2D eigenvalue weighted by Crippen LogP contribution is 2.25. The molecule has 3 nitrogen and oxygen atoms in total. The Labute approximate surface area is 133 Å². The molecule has 0 radical (unpaired) electrons. The van der Waals surface area contributed by atoms with Crippen LogP contribution in [0.1, 0.15) is 18.7 Å². The minimum Gasteiger partial charge on any atom is -0.327 e. The van der Waals surface area contributed by atoms with Crippen molar-refractivity contribution in [1.29, 1.82) is 0 Å². The van der Waals surface area contributed by atoms with E-state index in [1.807, 2.05) is 0 Å². The summed E-state index contributed by atoms with van der Waals surface area (Å²) in [6.45, 7) is 3.42. The molecule has 20 heavy (non-hydrogen) atoms. The van der Waals surface area contributed by atoms with E-state index in [2.05, 4.69) is 55.6 Å². The second-order valence-corrected chi connectivity index (χ2v) is 6.83. The Morgan fingerprint density at radius 1 is 1.35 bits per heavy atom. The number of rotatable bonds is 3. The van der Waals surface area contributed by atoms with Crippen LogP contribution >= 0.6 is 27.5 Å². The molecule has 0 amide bonds. The number of piperidine rings is 1. The van der Waals surface area contributed by atoms with E-state index in [0.717, 1.165) is 28.3 Å². The number of alkyl halides is 1. The van der Waals surface area contributed by atoms with Gasteiger partial charge in [0.15, 0.2) is 0 Å². The summed E-state index contributed by atoms with van der Waals surface area (Å²) in [5.41, 5.74) is 2.23. The van der Waals surface area contributed by atoms with Gasteiger partial charge in [0, 0.05) is 11.0 Å². The third kappa shape index (κ3) is 2.87. The maximum atomic E-state index is 6.08. The van der Waals surface area contributed by atoms with Crippen molar-refractivity contribution in [2.75, 3.05) is 20.1 Å². The SMILES string of the molecule is CN1CCC(Cn2c(CCl)nc3cc(Br)ccc32)CC1.